The van der Waals surface area contributed by atoms with Crippen molar-refractivity contribution in [3.63, 3.8) is 0 Å². The first-order valence-electron chi connectivity index (χ1n) is 9.72. The molecule has 1 aliphatic rings. The number of rotatable bonds is 5. The number of carbonyl (C=O) groups is 1. The fourth-order valence-corrected chi connectivity index (χ4v) is 4.55. The summed E-state index contributed by atoms with van der Waals surface area (Å²) in [5, 5.41) is 3.65. The van der Waals surface area contributed by atoms with Crippen LogP contribution in [0.15, 0.2) is 46.3 Å². The molecule has 0 aliphatic heterocycles. The van der Waals surface area contributed by atoms with E-state index in [2.05, 4.69) is 15.3 Å². The molecular weight excluding hydrogens is 372 g/mol. The zero-order valence-corrected chi connectivity index (χ0v) is 16.7. The lowest BCUT2D eigenvalue weighted by Crippen LogP contribution is -2.37. The van der Waals surface area contributed by atoms with E-state index in [4.69, 9.17) is 0 Å². The lowest BCUT2D eigenvalue weighted by Gasteiger charge is -2.22. The van der Waals surface area contributed by atoms with Crippen molar-refractivity contribution in [1.82, 2.24) is 19.9 Å². The smallest absolute Gasteiger partial charge is 0.283 e. The Morgan fingerprint density at radius 3 is 2.75 bits per heavy atom. The monoisotopic (exact) mass is 396 g/mol. The molecule has 4 rings (SSSR count). The van der Waals surface area contributed by atoms with Crippen LogP contribution in [0, 0.1) is 6.92 Å². The summed E-state index contributed by atoms with van der Waals surface area (Å²) in [6.07, 6.45) is 5.72. The van der Waals surface area contributed by atoms with Gasteiger partial charge in [0.2, 0.25) is 5.91 Å². The molecule has 0 atom stereocenters. The summed E-state index contributed by atoms with van der Waals surface area (Å²) >= 11 is 1.30. The van der Waals surface area contributed by atoms with Crippen LogP contribution in [-0.4, -0.2) is 32.2 Å². The average Bonchev–Trinajstić information content (AvgIpc) is 3.08. The topological polar surface area (TPSA) is 79.8 Å². The van der Waals surface area contributed by atoms with Gasteiger partial charge in [-0.2, -0.15) is 0 Å². The maximum Gasteiger partial charge on any atom is 0.283 e. The van der Waals surface area contributed by atoms with Gasteiger partial charge in [0.15, 0.2) is 5.16 Å². The molecule has 2 heterocycles. The van der Waals surface area contributed by atoms with Crippen LogP contribution in [0.1, 0.15) is 37.8 Å². The van der Waals surface area contributed by atoms with Crippen LogP contribution in [0.2, 0.25) is 0 Å². The van der Waals surface area contributed by atoms with E-state index in [-0.39, 0.29) is 23.3 Å². The van der Waals surface area contributed by atoms with Gasteiger partial charge in [-0.25, -0.2) is 4.98 Å². The lowest BCUT2D eigenvalue weighted by atomic mass is 9.95. The van der Waals surface area contributed by atoms with Gasteiger partial charge in [-0.15, -0.1) is 0 Å². The number of aryl methyl sites for hydroxylation is 1. The molecule has 0 spiro atoms. The second-order valence-electron chi connectivity index (χ2n) is 7.27. The molecule has 146 valence electrons. The minimum Gasteiger partial charge on any atom is -0.353 e. The molecule has 0 radical (unpaired) electrons. The minimum absolute atomic E-state index is 0.00360. The highest BCUT2D eigenvalue weighted by atomic mass is 32.2. The second kappa shape index (κ2) is 8.22. The molecule has 1 saturated carbocycles. The number of nitrogens with one attached hydrogen (secondary N) is 2. The number of benzene rings is 1. The molecule has 1 aromatic carbocycles. The van der Waals surface area contributed by atoms with Gasteiger partial charge >= 0.3 is 0 Å². The van der Waals surface area contributed by atoms with Crippen LogP contribution in [0.4, 0.5) is 0 Å². The van der Waals surface area contributed by atoms with Crippen molar-refractivity contribution in [1.29, 1.82) is 0 Å². The molecule has 6 nitrogen and oxygen atoms in total. The number of thioether (sulfide) groups is 1. The lowest BCUT2D eigenvalue weighted by molar-refractivity contribution is -0.119. The van der Waals surface area contributed by atoms with Gasteiger partial charge in [0.05, 0.1) is 17.0 Å². The molecule has 7 heteroatoms. The zero-order chi connectivity index (χ0) is 19.5. The minimum atomic E-state index is -0.153. The second-order valence-corrected chi connectivity index (χ2v) is 8.22. The van der Waals surface area contributed by atoms with E-state index in [1.54, 1.807) is 4.57 Å². The SMILES string of the molecule is Cc1cc2nc(SCC(=O)NC3CCCCC3)n(-c3ccccc3)c(=O)c2[nH]1. The number of aromatic nitrogens is 3. The Morgan fingerprint density at radius 2 is 2.00 bits per heavy atom. The highest BCUT2D eigenvalue weighted by Gasteiger charge is 2.18. The molecule has 0 unspecified atom stereocenters. The van der Waals surface area contributed by atoms with Crippen molar-refractivity contribution in [3.05, 3.63) is 52.4 Å². The van der Waals surface area contributed by atoms with Crippen LogP contribution < -0.4 is 10.9 Å². The van der Waals surface area contributed by atoms with Crippen LogP contribution in [0.3, 0.4) is 0 Å². The third-order valence-electron chi connectivity index (χ3n) is 5.07. The summed E-state index contributed by atoms with van der Waals surface area (Å²) in [6, 6.07) is 11.6. The maximum atomic E-state index is 13.1. The van der Waals surface area contributed by atoms with E-state index in [1.165, 1.54) is 31.0 Å². The third-order valence-corrected chi connectivity index (χ3v) is 6.01. The van der Waals surface area contributed by atoms with Gasteiger partial charge in [-0.1, -0.05) is 49.2 Å². The highest BCUT2D eigenvalue weighted by molar-refractivity contribution is 7.99. The van der Waals surface area contributed by atoms with Crippen molar-refractivity contribution in [2.24, 2.45) is 0 Å². The van der Waals surface area contributed by atoms with Crippen LogP contribution >= 0.6 is 11.8 Å². The molecule has 2 N–H and O–H groups in total. The zero-order valence-electron chi connectivity index (χ0n) is 15.9. The van der Waals surface area contributed by atoms with Crippen molar-refractivity contribution in [3.8, 4) is 5.69 Å². The molecule has 1 amide bonds. The number of carbonyl (C=O) groups excluding carboxylic acids is 1. The van der Waals surface area contributed by atoms with Crippen LogP contribution in [-0.2, 0) is 4.79 Å². The van der Waals surface area contributed by atoms with E-state index in [9.17, 15) is 9.59 Å². The summed E-state index contributed by atoms with van der Waals surface area (Å²) in [5.74, 6) is 0.237. The van der Waals surface area contributed by atoms with Crippen molar-refractivity contribution in [2.75, 3.05) is 5.75 Å². The van der Waals surface area contributed by atoms with E-state index >= 15 is 0 Å². The Labute approximate surface area is 167 Å². The Kier molecular flexibility index (Phi) is 5.52. The van der Waals surface area contributed by atoms with Gasteiger partial charge in [0.25, 0.3) is 5.56 Å². The van der Waals surface area contributed by atoms with E-state index in [0.717, 1.165) is 24.2 Å². The van der Waals surface area contributed by atoms with E-state index in [1.807, 2.05) is 43.3 Å². The molecule has 1 aliphatic carbocycles. The van der Waals surface area contributed by atoms with Crippen molar-refractivity contribution >= 4 is 28.7 Å². The predicted molar refractivity (Wildman–Crippen MR) is 112 cm³/mol. The fourth-order valence-electron chi connectivity index (χ4n) is 3.73. The summed E-state index contributed by atoms with van der Waals surface area (Å²) in [7, 11) is 0. The maximum absolute atomic E-state index is 13.1. The Morgan fingerprint density at radius 1 is 1.25 bits per heavy atom. The number of hydrogen-bond donors (Lipinski definition) is 2. The first-order chi connectivity index (χ1) is 13.6. The molecule has 3 aromatic rings. The fraction of sp³-hybridized carbons (Fsp3) is 0.381. The van der Waals surface area contributed by atoms with Gasteiger partial charge < -0.3 is 10.3 Å². The number of amides is 1. The Bertz CT molecular complexity index is 1040. The quantitative estimate of drug-likeness (QED) is 0.510. The normalized spacial score (nSPS) is 15.0. The summed E-state index contributed by atoms with van der Waals surface area (Å²) in [5.41, 5.74) is 2.59. The highest BCUT2D eigenvalue weighted by Crippen LogP contribution is 2.22. The largest absolute Gasteiger partial charge is 0.353 e. The molecule has 2 aromatic heterocycles. The van der Waals surface area contributed by atoms with Gasteiger partial charge in [0.1, 0.15) is 5.52 Å². The summed E-state index contributed by atoms with van der Waals surface area (Å²) < 4.78 is 1.58. The van der Waals surface area contributed by atoms with Gasteiger partial charge in [-0.3, -0.25) is 14.2 Å². The number of fused-ring (bicyclic) bond motifs is 1. The molecular formula is C21H24N4O2S. The van der Waals surface area contributed by atoms with E-state index in [0.29, 0.717) is 16.2 Å². The molecule has 0 bridgehead atoms. The third kappa shape index (κ3) is 3.99. The summed E-state index contributed by atoms with van der Waals surface area (Å²) in [4.78, 5) is 33.3. The van der Waals surface area contributed by atoms with E-state index < -0.39 is 0 Å². The number of H-pyrrole nitrogens is 1. The first kappa shape index (κ1) is 18.8. The van der Waals surface area contributed by atoms with Crippen molar-refractivity contribution < 1.29 is 4.79 Å². The van der Waals surface area contributed by atoms with Crippen LogP contribution in [0.25, 0.3) is 16.7 Å². The Balaban J connectivity index is 1.61. The van der Waals surface area contributed by atoms with Gasteiger partial charge in [0, 0.05) is 11.7 Å². The predicted octanol–water partition coefficient (Wildman–Crippen LogP) is 3.56. The number of para-hydroxylation sites is 1. The standard InChI is InChI=1S/C21H24N4O2S/c1-14-12-17-19(22-14)20(27)25(16-10-6-3-7-11-16)21(24-17)28-13-18(26)23-15-8-4-2-5-9-15/h3,6-7,10-12,15,22H,2,4-5,8-9,13H2,1H3,(H,23,26). The molecule has 0 saturated heterocycles. The average molecular weight is 397 g/mol. The number of aromatic amines is 1. The van der Waals surface area contributed by atoms with Crippen LogP contribution in [0.5, 0.6) is 0 Å². The number of hydrogen-bond acceptors (Lipinski definition) is 4. The Hall–Kier alpha value is -2.54. The molecule has 28 heavy (non-hydrogen) atoms. The molecule has 1 fully saturated rings. The van der Waals surface area contributed by atoms with Crippen molar-refractivity contribution in [2.45, 2.75) is 50.2 Å². The van der Waals surface area contributed by atoms with Gasteiger partial charge in [-0.05, 0) is 38.0 Å². The summed E-state index contributed by atoms with van der Waals surface area (Å²) in [6.45, 7) is 1.90. The number of nitrogens with zero attached hydrogens (tertiary/aromatic N) is 2. The first-order valence-corrected chi connectivity index (χ1v) is 10.7.